The van der Waals surface area contributed by atoms with E-state index in [0.717, 1.165) is 38.5 Å². The lowest BCUT2D eigenvalue weighted by molar-refractivity contribution is -0.263. The number of aliphatic hydroxyl groups excluding tert-OH is 1. The largest absolute Gasteiger partial charge is 0.463 e. The van der Waals surface area contributed by atoms with Gasteiger partial charge < -0.3 is 29.8 Å². The predicted molar refractivity (Wildman–Crippen MR) is 173 cm³/mol. The number of carbonyl (C=O) groups excluding carboxylic acids is 2. The molecule has 1 saturated heterocycles. The van der Waals surface area contributed by atoms with Gasteiger partial charge in [-0.25, -0.2) is 0 Å². The lowest BCUT2D eigenvalue weighted by Crippen LogP contribution is -2.63. The van der Waals surface area contributed by atoms with Crippen LogP contribution in [0.25, 0.3) is 0 Å². The van der Waals surface area contributed by atoms with E-state index in [-0.39, 0.29) is 25.0 Å². The molecule has 1 heterocycles. The lowest BCUT2D eigenvalue weighted by Gasteiger charge is -2.41. The predicted octanol–water partition coefficient (Wildman–Crippen LogP) is 7.90. The van der Waals surface area contributed by atoms with Gasteiger partial charge in [0.2, 0.25) is 0 Å². The molecule has 0 bridgehead atoms. The van der Waals surface area contributed by atoms with Crippen LogP contribution in [0.15, 0.2) is 0 Å². The molecule has 3 N–H and O–H groups in total. The van der Waals surface area contributed by atoms with Crippen molar-refractivity contribution >= 4 is 11.9 Å². The van der Waals surface area contributed by atoms with Crippen molar-refractivity contribution in [2.24, 2.45) is 5.73 Å². The van der Waals surface area contributed by atoms with Crippen molar-refractivity contribution in [2.45, 2.75) is 199 Å². The van der Waals surface area contributed by atoms with Crippen LogP contribution >= 0.6 is 0 Å². The molecule has 8 nitrogen and oxygen atoms in total. The molecule has 0 saturated carbocycles. The summed E-state index contributed by atoms with van der Waals surface area (Å²) in [7, 11) is 1.45. The van der Waals surface area contributed by atoms with E-state index in [1.807, 2.05) is 0 Å². The maximum absolute atomic E-state index is 12.6. The van der Waals surface area contributed by atoms with Crippen LogP contribution in [0.1, 0.15) is 168 Å². The Morgan fingerprint density at radius 1 is 0.651 bits per heavy atom. The molecule has 0 aliphatic carbocycles. The number of nitrogens with two attached hydrogens (primary N) is 1. The van der Waals surface area contributed by atoms with Gasteiger partial charge >= 0.3 is 11.9 Å². The topological polar surface area (TPSA) is 117 Å². The van der Waals surface area contributed by atoms with E-state index in [4.69, 9.17) is 24.7 Å². The fraction of sp³-hybridized carbons (Fsp3) is 0.943. The Balaban J connectivity index is 2.23. The van der Waals surface area contributed by atoms with Crippen molar-refractivity contribution in [3.63, 3.8) is 0 Å². The molecular formula is C35H67NO7. The second-order valence-corrected chi connectivity index (χ2v) is 12.6. The first kappa shape index (κ1) is 39.8. The second kappa shape index (κ2) is 27.1. The average Bonchev–Trinajstić information content (AvgIpc) is 3.00. The molecule has 0 amide bonds. The lowest BCUT2D eigenvalue weighted by atomic mass is 9.97. The van der Waals surface area contributed by atoms with Gasteiger partial charge in [0.05, 0.1) is 6.04 Å². The summed E-state index contributed by atoms with van der Waals surface area (Å²) in [5.74, 6) is -0.708. The van der Waals surface area contributed by atoms with Crippen molar-refractivity contribution in [1.82, 2.24) is 0 Å². The zero-order chi connectivity index (χ0) is 31.5. The van der Waals surface area contributed by atoms with Crippen LogP contribution in [0.3, 0.4) is 0 Å². The van der Waals surface area contributed by atoms with Crippen molar-refractivity contribution < 1.29 is 33.6 Å². The number of aliphatic hydroxyl groups is 1. The molecule has 1 aliphatic heterocycles. The zero-order valence-corrected chi connectivity index (χ0v) is 28.0. The molecule has 0 aromatic heterocycles. The SMILES string of the molecule is CCCCCCCCCCCCCC(=O)OC[C@H]1OC(OC)[C@H](N)[C@@H](OC(=O)CCCCCCCCCCCCC)[C@@H]1O. The van der Waals surface area contributed by atoms with Crippen LogP contribution in [-0.2, 0) is 28.5 Å². The summed E-state index contributed by atoms with van der Waals surface area (Å²) in [4.78, 5) is 24.9. The van der Waals surface area contributed by atoms with Gasteiger partial charge in [-0.3, -0.25) is 9.59 Å². The van der Waals surface area contributed by atoms with Gasteiger partial charge in [-0.1, -0.05) is 142 Å². The maximum atomic E-state index is 12.6. The standard InChI is InChI=1S/C35H67NO7/c1-4-6-8-10-12-14-16-18-20-22-24-26-30(37)41-28-29-33(39)34(32(36)35(40-3)42-29)43-31(38)27-25-23-21-19-17-15-13-11-9-7-5-2/h29,32-35,39H,4-28,36H2,1-3H3/t29-,32-,33-,34-,35?/m1/s1. The molecule has 0 aromatic rings. The highest BCUT2D eigenvalue weighted by molar-refractivity contribution is 5.70. The van der Waals surface area contributed by atoms with E-state index < -0.39 is 30.6 Å². The highest BCUT2D eigenvalue weighted by Crippen LogP contribution is 2.24. The molecule has 254 valence electrons. The zero-order valence-electron chi connectivity index (χ0n) is 28.0. The molecule has 0 aromatic carbocycles. The molecule has 1 unspecified atom stereocenters. The Morgan fingerprint density at radius 3 is 1.47 bits per heavy atom. The molecule has 1 rings (SSSR count). The summed E-state index contributed by atoms with van der Waals surface area (Å²) in [6.07, 6.45) is 23.2. The number of esters is 2. The number of rotatable bonds is 28. The maximum Gasteiger partial charge on any atom is 0.306 e. The van der Waals surface area contributed by atoms with Gasteiger partial charge in [-0.05, 0) is 12.8 Å². The first-order valence-corrected chi connectivity index (χ1v) is 17.9. The van der Waals surface area contributed by atoms with Crippen LogP contribution < -0.4 is 5.73 Å². The van der Waals surface area contributed by atoms with Crippen LogP contribution in [0.4, 0.5) is 0 Å². The highest BCUT2D eigenvalue weighted by Gasteiger charge is 2.46. The molecule has 8 heteroatoms. The third-order valence-electron chi connectivity index (χ3n) is 8.60. The molecule has 43 heavy (non-hydrogen) atoms. The summed E-state index contributed by atoms with van der Waals surface area (Å²) >= 11 is 0. The third kappa shape index (κ3) is 19.7. The fourth-order valence-corrected chi connectivity index (χ4v) is 5.76. The van der Waals surface area contributed by atoms with Crippen molar-refractivity contribution in [3.05, 3.63) is 0 Å². The summed E-state index contributed by atoms with van der Waals surface area (Å²) in [6.45, 7) is 4.34. The monoisotopic (exact) mass is 613 g/mol. The minimum atomic E-state index is -1.21. The fourth-order valence-electron chi connectivity index (χ4n) is 5.76. The van der Waals surface area contributed by atoms with Gasteiger partial charge in [-0.2, -0.15) is 0 Å². The summed E-state index contributed by atoms with van der Waals surface area (Å²) in [5.41, 5.74) is 6.21. The number of carbonyl (C=O) groups is 2. The Bertz CT molecular complexity index is 677. The molecule has 0 spiro atoms. The number of methoxy groups -OCH3 is 1. The first-order valence-electron chi connectivity index (χ1n) is 17.9. The van der Waals surface area contributed by atoms with Crippen LogP contribution in [0.5, 0.6) is 0 Å². The van der Waals surface area contributed by atoms with E-state index >= 15 is 0 Å². The van der Waals surface area contributed by atoms with Gasteiger partial charge in [0, 0.05) is 20.0 Å². The van der Waals surface area contributed by atoms with Gasteiger partial charge in [0.1, 0.15) is 18.8 Å². The number of hydrogen-bond acceptors (Lipinski definition) is 8. The number of hydrogen-bond donors (Lipinski definition) is 2. The molecule has 0 radical (unpaired) electrons. The molecule has 1 fully saturated rings. The molecular weight excluding hydrogens is 546 g/mol. The summed E-state index contributed by atoms with van der Waals surface area (Å²) in [5, 5.41) is 10.9. The second-order valence-electron chi connectivity index (χ2n) is 12.6. The number of unbranched alkanes of at least 4 members (excludes halogenated alkanes) is 20. The van der Waals surface area contributed by atoms with Gasteiger partial charge in [0.25, 0.3) is 0 Å². The molecule has 1 aliphatic rings. The average molecular weight is 614 g/mol. The van der Waals surface area contributed by atoms with Crippen LogP contribution in [-0.4, -0.2) is 61.4 Å². The van der Waals surface area contributed by atoms with E-state index in [9.17, 15) is 14.7 Å². The molecule has 5 atom stereocenters. The van der Waals surface area contributed by atoms with E-state index in [2.05, 4.69) is 13.8 Å². The summed E-state index contributed by atoms with van der Waals surface area (Å²) in [6, 6.07) is -0.843. The Morgan fingerprint density at radius 2 is 1.05 bits per heavy atom. The van der Waals surface area contributed by atoms with Crippen LogP contribution in [0, 0.1) is 0 Å². The van der Waals surface area contributed by atoms with E-state index in [1.165, 1.54) is 110 Å². The summed E-state index contributed by atoms with van der Waals surface area (Å²) < 4.78 is 22.1. The minimum Gasteiger partial charge on any atom is -0.463 e. The van der Waals surface area contributed by atoms with E-state index in [0.29, 0.717) is 6.42 Å². The normalized spacial score (nSPS) is 22.0. The van der Waals surface area contributed by atoms with Crippen molar-refractivity contribution in [1.29, 1.82) is 0 Å². The first-order chi connectivity index (χ1) is 20.9. The Kier molecular flexibility index (Phi) is 25.1. The van der Waals surface area contributed by atoms with Crippen molar-refractivity contribution in [2.75, 3.05) is 13.7 Å². The third-order valence-corrected chi connectivity index (χ3v) is 8.60. The minimum absolute atomic E-state index is 0.142. The van der Waals surface area contributed by atoms with Crippen molar-refractivity contribution in [3.8, 4) is 0 Å². The van der Waals surface area contributed by atoms with Gasteiger partial charge in [0.15, 0.2) is 12.4 Å². The number of ether oxygens (including phenoxy) is 4. The Hall–Kier alpha value is -1.22. The van der Waals surface area contributed by atoms with Crippen LogP contribution in [0.2, 0.25) is 0 Å². The smallest absolute Gasteiger partial charge is 0.306 e. The Labute approximate surface area is 263 Å². The quantitative estimate of drug-likeness (QED) is 0.0675. The van der Waals surface area contributed by atoms with Gasteiger partial charge in [-0.15, -0.1) is 0 Å². The van der Waals surface area contributed by atoms with E-state index in [1.54, 1.807) is 0 Å². The highest BCUT2D eigenvalue weighted by atomic mass is 16.7.